The molecule has 130 valence electrons. The third-order valence-electron chi connectivity index (χ3n) is 4.45. The number of aromatic nitrogens is 1. The van der Waals surface area contributed by atoms with Gasteiger partial charge >= 0.3 is 0 Å². The summed E-state index contributed by atoms with van der Waals surface area (Å²) in [5.41, 5.74) is 4.34. The van der Waals surface area contributed by atoms with Crippen LogP contribution in [-0.4, -0.2) is 15.2 Å². The zero-order chi connectivity index (χ0) is 18.3. The van der Waals surface area contributed by atoms with Gasteiger partial charge in [0.2, 0.25) is 0 Å². The maximum Gasteiger partial charge on any atom is 0.166 e. The molecule has 0 fully saturated rings. The van der Waals surface area contributed by atoms with Crippen molar-refractivity contribution in [2.24, 2.45) is 0 Å². The van der Waals surface area contributed by atoms with Gasteiger partial charge in [-0.2, -0.15) is 0 Å². The molecule has 0 bridgehead atoms. The summed E-state index contributed by atoms with van der Waals surface area (Å²) in [5.74, 6) is 1.06. The summed E-state index contributed by atoms with van der Waals surface area (Å²) in [7, 11) is 0. The second-order valence-electron chi connectivity index (χ2n) is 6.17. The van der Waals surface area contributed by atoms with Crippen LogP contribution in [0.25, 0.3) is 11.1 Å². The molecule has 4 nitrogen and oxygen atoms in total. The number of fused-ring (bicyclic) bond motifs is 1. The van der Waals surface area contributed by atoms with E-state index in [0.717, 1.165) is 32.4 Å². The molecule has 1 atom stereocenters. The quantitative estimate of drug-likeness (QED) is 0.600. The van der Waals surface area contributed by atoms with Gasteiger partial charge < -0.3 is 14.9 Å². The van der Waals surface area contributed by atoms with Crippen LogP contribution in [0.1, 0.15) is 29.8 Å². The number of hydrogen-bond acceptors (Lipinski definition) is 4. The fourth-order valence-corrected chi connectivity index (χ4v) is 3.47. The molecule has 4 rings (SSSR count). The van der Waals surface area contributed by atoms with Crippen LogP contribution in [0.4, 0.5) is 0 Å². The molecule has 0 aliphatic carbocycles. The lowest BCUT2D eigenvalue weighted by Crippen LogP contribution is -2.17. The molecule has 0 saturated carbocycles. The summed E-state index contributed by atoms with van der Waals surface area (Å²) in [5, 5.41) is 19.8. The van der Waals surface area contributed by atoms with Crippen molar-refractivity contribution in [3.05, 3.63) is 82.1 Å². The van der Waals surface area contributed by atoms with Crippen molar-refractivity contribution >= 4 is 27.1 Å². The third-order valence-corrected chi connectivity index (χ3v) is 4.92. The first kappa shape index (κ1) is 16.7. The van der Waals surface area contributed by atoms with Gasteiger partial charge in [-0.05, 0) is 76.5 Å². The van der Waals surface area contributed by atoms with Gasteiger partial charge in [-0.1, -0.05) is 12.1 Å². The van der Waals surface area contributed by atoms with Gasteiger partial charge in [0.15, 0.2) is 6.10 Å². The van der Waals surface area contributed by atoms with Crippen LogP contribution in [0.15, 0.2) is 65.3 Å². The Morgan fingerprint density at radius 3 is 2.54 bits per heavy atom. The molecule has 1 aliphatic rings. The van der Waals surface area contributed by atoms with Crippen LogP contribution in [0.2, 0.25) is 0 Å². The SMILES string of the molecule is CC1=C(c2cccc(O)c2)C(c2ccc(Br)cn2)Oc2ccc(O)cc21. The van der Waals surface area contributed by atoms with Crippen molar-refractivity contribution in [2.45, 2.75) is 13.0 Å². The molecule has 2 N–H and O–H groups in total. The van der Waals surface area contributed by atoms with Gasteiger partial charge in [0.05, 0.1) is 5.69 Å². The van der Waals surface area contributed by atoms with Crippen molar-refractivity contribution in [3.8, 4) is 17.2 Å². The zero-order valence-electron chi connectivity index (χ0n) is 14.0. The Morgan fingerprint density at radius 2 is 1.81 bits per heavy atom. The number of benzene rings is 2. The highest BCUT2D eigenvalue weighted by Crippen LogP contribution is 2.47. The highest BCUT2D eigenvalue weighted by molar-refractivity contribution is 9.10. The van der Waals surface area contributed by atoms with E-state index in [0.29, 0.717) is 5.75 Å². The predicted octanol–water partition coefficient (Wildman–Crippen LogP) is 5.32. The highest BCUT2D eigenvalue weighted by Gasteiger charge is 2.30. The van der Waals surface area contributed by atoms with Crippen molar-refractivity contribution in [1.82, 2.24) is 4.98 Å². The van der Waals surface area contributed by atoms with E-state index in [2.05, 4.69) is 20.9 Å². The van der Waals surface area contributed by atoms with E-state index in [1.165, 1.54) is 0 Å². The number of halogens is 1. The summed E-state index contributed by atoms with van der Waals surface area (Å²) in [6.07, 6.45) is 1.32. The average Bonchev–Trinajstić information content (AvgIpc) is 2.63. The third kappa shape index (κ3) is 2.95. The number of hydrogen-bond donors (Lipinski definition) is 2. The minimum atomic E-state index is -0.415. The molecule has 5 heteroatoms. The van der Waals surface area contributed by atoms with Crippen molar-refractivity contribution in [1.29, 1.82) is 0 Å². The molecule has 1 unspecified atom stereocenters. The first-order valence-corrected chi connectivity index (χ1v) is 8.94. The number of phenols is 2. The van der Waals surface area contributed by atoms with Crippen LogP contribution < -0.4 is 4.74 Å². The fraction of sp³-hybridized carbons (Fsp3) is 0.0952. The maximum atomic E-state index is 9.94. The van der Waals surface area contributed by atoms with Gasteiger partial charge in [-0.3, -0.25) is 4.98 Å². The van der Waals surface area contributed by atoms with E-state index in [9.17, 15) is 10.2 Å². The molecule has 0 spiro atoms. The predicted molar refractivity (Wildman–Crippen MR) is 104 cm³/mol. The molecular formula is C21H16BrNO3. The minimum absolute atomic E-state index is 0.183. The molecule has 1 aromatic heterocycles. The van der Waals surface area contributed by atoms with Crippen LogP contribution in [-0.2, 0) is 0 Å². The Hall–Kier alpha value is -2.79. The van der Waals surface area contributed by atoms with E-state index >= 15 is 0 Å². The molecule has 0 saturated heterocycles. The number of phenolic OH excluding ortho intramolecular Hbond substituents is 2. The molecule has 2 aromatic carbocycles. The topological polar surface area (TPSA) is 62.6 Å². The molecule has 0 amide bonds. The fourth-order valence-electron chi connectivity index (χ4n) is 3.23. The molecule has 0 radical (unpaired) electrons. The molecule has 3 aromatic rings. The van der Waals surface area contributed by atoms with Gasteiger partial charge in [0.1, 0.15) is 17.2 Å². The lowest BCUT2D eigenvalue weighted by molar-refractivity contribution is 0.255. The number of rotatable bonds is 2. The largest absolute Gasteiger partial charge is 0.508 e. The van der Waals surface area contributed by atoms with Crippen LogP contribution in [0.3, 0.4) is 0 Å². The first-order valence-electron chi connectivity index (χ1n) is 8.14. The smallest absolute Gasteiger partial charge is 0.166 e. The second-order valence-corrected chi connectivity index (χ2v) is 7.08. The van der Waals surface area contributed by atoms with E-state index in [4.69, 9.17) is 4.74 Å². The van der Waals surface area contributed by atoms with Crippen LogP contribution in [0, 0.1) is 0 Å². The van der Waals surface area contributed by atoms with Crippen molar-refractivity contribution < 1.29 is 14.9 Å². The zero-order valence-corrected chi connectivity index (χ0v) is 15.6. The van der Waals surface area contributed by atoms with Gasteiger partial charge in [0, 0.05) is 21.8 Å². The van der Waals surface area contributed by atoms with Gasteiger partial charge in [0.25, 0.3) is 0 Å². The Kier molecular flexibility index (Phi) is 4.17. The van der Waals surface area contributed by atoms with Crippen LogP contribution >= 0.6 is 15.9 Å². The van der Waals surface area contributed by atoms with E-state index in [1.807, 2.05) is 25.1 Å². The number of pyridine rings is 1. The molecule has 2 heterocycles. The Labute approximate surface area is 159 Å². The van der Waals surface area contributed by atoms with Gasteiger partial charge in [-0.15, -0.1) is 0 Å². The van der Waals surface area contributed by atoms with Crippen molar-refractivity contribution in [3.63, 3.8) is 0 Å². The summed E-state index contributed by atoms with van der Waals surface area (Å²) in [4.78, 5) is 4.51. The van der Waals surface area contributed by atoms with E-state index in [-0.39, 0.29) is 11.5 Å². The van der Waals surface area contributed by atoms with Gasteiger partial charge in [-0.25, -0.2) is 0 Å². The van der Waals surface area contributed by atoms with E-state index in [1.54, 1.807) is 42.6 Å². The summed E-state index contributed by atoms with van der Waals surface area (Å²) in [6, 6.07) is 16.0. The van der Waals surface area contributed by atoms with E-state index < -0.39 is 6.10 Å². The number of allylic oxidation sites excluding steroid dienone is 1. The minimum Gasteiger partial charge on any atom is -0.508 e. The average molecular weight is 410 g/mol. The molecule has 26 heavy (non-hydrogen) atoms. The standard InChI is InChI=1S/C21H16BrNO3/c1-12-17-10-16(25)6-8-19(17)26-21(18-7-5-14(22)11-23-18)20(12)13-3-2-4-15(24)9-13/h2-11,21,24-25H,1H3. The maximum absolute atomic E-state index is 9.94. The monoisotopic (exact) mass is 409 g/mol. The Bertz CT molecular complexity index is 1010. The summed E-state index contributed by atoms with van der Waals surface area (Å²) >= 11 is 3.41. The Balaban J connectivity index is 1.95. The summed E-state index contributed by atoms with van der Waals surface area (Å²) < 4.78 is 7.15. The first-order chi connectivity index (χ1) is 12.5. The van der Waals surface area contributed by atoms with Crippen LogP contribution in [0.5, 0.6) is 17.2 Å². The lowest BCUT2D eigenvalue weighted by Gasteiger charge is -2.30. The normalized spacial score (nSPS) is 16.2. The second kappa shape index (κ2) is 6.50. The highest BCUT2D eigenvalue weighted by atomic mass is 79.9. The molecule has 1 aliphatic heterocycles. The Morgan fingerprint density at radius 1 is 1.00 bits per heavy atom. The summed E-state index contributed by atoms with van der Waals surface area (Å²) in [6.45, 7) is 1.99. The number of ether oxygens (including phenoxy) is 1. The molecular weight excluding hydrogens is 394 g/mol. The lowest BCUT2D eigenvalue weighted by atomic mass is 9.87. The van der Waals surface area contributed by atoms with Crippen molar-refractivity contribution in [2.75, 3.05) is 0 Å². The number of aromatic hydroxyl groups is 2. The number of nitrogens with zero attached hydrogens (tertiary/aromatic N) is 1.